The average molecular weight is 566 g/mol. The lowest BCUT2D eigenvalue weighted by molar-refractivity contribution is -0.150. The van der Waals surface area contributed by atoms with E-state index in [1.54, 1.807) is 0 Å². The van der Waals surface area contributed by atoms with Gasteiger partial charge in [-0.3, -0.25) is 14.4 Å². The van der Waals surface area contributed by atoms with Crippen LogP contribution in [0.3, 0.4) is 0 Å². The molecule has 0 aliphatic carbocycles. The highest BCUT2D eigenvalue weighted by molar-refractivity contribution is 5.80. The van der Waals surface area contributed by atoms with Gasteiger partial charge in [0.1, 0.15) is 12.6 Å². The zero-order valence-electron chi connectivity index (χ0n) is 26.2. The number of rotatable bonds is 30. The number of carbonyl (C=O) groups is 3. The van der Waals surface area contributed by atoms with Crippen molar-refractivity contribution in [1.82, 2.24) is 5.32 Å². The molecule has 0 aromatic rings. The molecule has 40 heavy (non-hydrogen) atoms. The van der Waals surface area contributed by atoms with E-state index in [1.165, 1.54) is 77.0 Å². The largest absolute Gasteiger partial charge is 0.480 e. The van der Waals surface area contributed by atoms with Crippen molar-refractivity contribution in [2.75, 3.05) is 6.54 Å². The molecular weight excluding hydrogens is 502 g/mol. The Hall–Kier alpha value is -1.85. The number of allylic oxidation sites excluding steroid dienone is 2. The highest BCUT2D eigenvalue weighted by Crippen LogP contribution is 2.17. The van der Waals surface area contributed by atoms with E-state index in [9.17, 15) is 14.4 Å². The van der Waals surface area contributed by atoms with Crippen molar-refractivity contribution in [3.63, 3.8) is 0 Å². The first-order valence-corrected chi connectivity index (χ1v) is 16.8. The van der Waals surface area contributed by atoms with Gasteiger partial charge in [-0.1, -0.05) is 116 Å². The van der Waals surface area contributed by atoms with Gasteiger partial charge in [0.05, 0.1) is 0 Å². The quantitative estimate of drug-likeness (QED) is 0.0514. The van der Waals surface area contributed by atoms with E-state index >= 15 is 0 Å². The van der Waals surface area contributed by atoms with Crippen LogP contribution in [-0.2, 0) is 19.1 Å². The molecule has 0 saturated carbocycles. The summed E-state index contributed by atoms with van der Waals surface area (Å²) in [7, 11) is 0. The molecule has 0 radical (unpaired) electrons. The van der Waals surface area contributed by atoms with E-state index in [4.69, 9.17) is 9.84 Å². The molecule has 1 amide bonds. The summed E-state index contributed by atoms with van der Waals surface area (Å²) in [4.78, 5) is 34.6. The molecule has 0 aromatic carbocycles. The molecule has 1 unspecified atom stereocenters. The van der Waals surface area contributed by atoms with Crippen LogP contribution >= 0.6 is 0 Å². The van der Waals surface area contributed by atoms with E-state index in [2.05, 4.69) is 31.3 Å². The number of carbonyl (C=O) groups excluding carboxylic acids is 2. The van der Waals surface area contributed by atoms with Gasteiger partial charge in [-0.25, -0.2) is 0 Å². The lowest BCUT2D eigenvalue weighted by atomic mass is 10.0. The van der Waals surface area contributed by atoms with Gasteiger partial charge in [0.15, 0.2) is 0 Å². The monoisotopic (exact) mass is 565 g/mol. The Labute approximate surface area is 246 Å². The van der Waals surface area contributed by atoms with Crippen LogP contribution in [0, 0.1) is 0 Å². The van der Waals surface area contributed by atoms with Crippen LogP contribution in [0.1, 0.15) is 174 Å². The molecule has 0 aliphatic rings. The first-order valence-electron chi connectivity index (χ1n) is 16.8. The summed E-state index contributed by atoms with van der Waals surface area (Å²) in [5.74, 6) is -1.25. The van der Waals surface area contributed by atoms with Gasteiger partial charge in [-0.15, -0.1) is 0 Å². The number of carboxylic acids is 1. The molecular formula is C34H63NO5. The van der Waals surface area contributed by atoms with E-state index in [-0.39, 0.29) is 24.5 Å². The topological polar surface area (TPSA) is 92.7 Å². The molecule has 0 fully saturated rings. The summed E-state index contributed by atoms with van der Waals surface area (Å²) < 4.78 is 5.93. The minimum Gasteiger partial charge on any atom is -0.480 e. The van der Waals surface area contributed by atoms with Gasteiger partial charge in [-0.05, 0) is 57.8 Å². The second-order valence-electron chi connectivity index (χ2n) is 11.4. The summed E-state index contributed by atoms with van der Waals surface area (Å²) in [5.41, 5.74) is 0. The third kappa shape index (κ3) is 29.1. The molecule has 0 heterocycles. The second kappa shape index (κ2) is 30.1. The Balaban J connectivity index is 4.21. The first kappa shape index (κ1) is 38.1. The fraction of sp³-hybridized carbons (Fsp3) is 0.853. The minimum atomic E-state index is -1.02. The first-order chi connectivity index (χ1) is 19.5. The van der Waals surface area contributed by atoms with Gasteiger partial charge >= 0.3 is 11.9 Å². The maximum Gasteiger partial charge on any atom is 0.322 e. The third-order valence-electron chi connectivity index (χ3n) is 7.44. The Morgan fingerprint density at radius 3 is 1.70 bits per heavy atom. The number of unbranched alkanes of at least 4 members (excludes halogenated alkanes) is 17. The van der Waals surface area contributed by atoms with Crippen LogP contribution < -0.4 is 5.32 Å². The molecule has 1 atom stereocenters. The van der Waals surface area contributed by atoms with Gasteiger partial charge < -0.3 is 15.2 Å². The lowest BCUT2D eigenvalue weighted by Gasteiger charge is -2.18. The summed E-state index contributed by atoms with van der Waals surface area (Å²) in [6.45, 7) is 4.17. The van der Waals surface area contributed by atoms with Crippen LogP contribution in [0.5, 0.6) is 0 Å². The predicted octanol–water partition coefficient (Wildman–Crippen LogP) is 9.45. The molecule has 0 aromatic heterocycles. The van der Waals surface area contributed by atoms with Crippen LogP contribution in [-0.4, -0.2) is 35.6 Å². The fourth-order valence-electron chi connectivity index (χ4n) is 4.93. The van der Waals surface area contributed by atoms with Crippen molar-refractivity contribution in [3.8, 4) is 0 Å². The van der Waals surface area contributed by atoms with Gasteiger partial charge in [0.25, 0.3) is 0 Å². The highest BCUT2D eigenvalue weighted by atomic mass is 16.5. The zero-order chi connectivity index (χ0) is 29.5. The highest BCUT2D eigenvalue weighted by Gasteiger charge is 2.14. The summed E-state index contributed by atoms with van der Waals surface area (Å²) in [5, 5.41) is 11.0. The Kier molecular flexibility index (Phi) is 28.7. The molecule has 6 nitrogen and oxygen atoms in total. The number of aliphatic carboxylic acids is 1. The van der Waals surface area contributed by atoms with E-state index in [1.807, 2.05) is 0 Å². The molecule has 234 valence electrons. The number of esters is 1. The average Bonchev–Trinajstić information content (AvgIpc) is 2.93. The predicted molar refractivity (Wildman–Crippen MR) is 166 cm³/mol. The van der Waals surface area contributed by atoms with E-state index < -0.39 is 5.97 Å². The fourth-order valence-corrected chi connectivity index (χ4v) is 4.93. The zero-order valence-corrected chi connectivity index (χ0v) is 26.2. The molecule has 0 spiro atoms. The lowest BCUT2D eigenvalue weighted by Crippen LogP contribution is -2.28. The van der Waals surface area contributed by atoms with Crippen LogP contribution in [0.2, 0.25) is 0 Å². The standard InChI is InChI=1S/C34H63NO5/c1-3-5-7-9-11-12-13-14-16-18-22-26-31(40-34(39)29-25-21-15-10-8-6-4-2)27-23-19-17-20-24-28-32(36)35-30-33(37)38/h14,16,31H,3-13,15,17-30H2,1-2H3,(H,35,36)(H,37,38)/b16-14-. The second-order valence-corrected chi connectivity index (χ2v) is 11.4. The Bertz CT molecular complexity index is 634. The van der Waals surface area contributed by atoms with Crippen molar-refractivity contribution < 1.29 is 24.2 Å². The van der Waals surface area contributed by atoms with Crippen LogP contribution in [0.4, 0.5) is 0 Å². The number of nitrogens with one attached hydrogen (secondary N) is 1. The maximum atomic E-state index is 12.5. The Morgan fingerprint density at radius 2 is 1.10 bits per heavy atom. The van der Waals surface area contributed by atoms with Crippen molar-refractivity contribution >= 4 is 17.8 Å². The number of hydrogen-bond acceptors (Lipinski definition) is 4. The number of carboxylic acid groups (broad SMARTS) is 1. The molecule has 0 rings (SSSR count). The van der Waals surface area contributed by atoms with Crippen LogP contribution in [0.15, 0.2) is 12.2 Å². The summed E-state index contributed by atoms with van der Waals surface area (Å²) in [6.07, 6.45) is 31.9. The van der Waals surface area contributed by atoms with E-state index in [0.717, 1.165) is 70.6 Å². The normalized spacial score (nSPS) is 12.1. The van der Waals surface area contributed by atoms with Crippen LogP contribution in [0.25, 0.3) is 0 Å². The van der Waals surface area contributed by atoms with Crippen molar-refractivity contribution in [2.24, 2.45) is 0 Å². The molecule has 6 heteroatoms. The molecule has 0 bridgehead atoms. The maximum absolute atomic E-state index is 12.5. The SMILES string of the molecule is CCCCCCCC/C=C\CCCC(CCCCCCCC(=O)NCC(=O)O)OC(=O)CCCCCCCCC. The molecule has 0 aliphatic heterocycles. The minimum absolute atomic E-state index is 0.00539. The third-order valence-corrected chi connectivity index (χ3v) is 7.44. The van der Waals surface area contributed by atoms with E-state index in [0.29, 0.717) is 12.8 Å². The van der Waals surface area contributed by atoms with Crippen molar-refractivity contribution in [2.45, 2.75) is 180 Å². The van der Waals surface area contributed by atoms with Gasteiger partial charge in [-0.2, -0.15) is 0 Å². The number of ether oxygens (including phenoxy) is 1. The summed E-state index contributed by atoms with van der Waals surface area (Å²) in [6, 6.07) is 0. The molecule has 2 N–H and O–H groups in total. The van der Waals surface area contributed by atoms with Gasteiger partial charge in [0, 0.05) is 12.8 Å². The number of hydrogen-bond donors (Lipinski definition) is 2. The molecule has 0 saturated heterocycles. The summed E-state index contributed by atoms with van der Waals surface area (Å²) >= 11 is 0. The number of amides is 1. The smallest absolute Gasteiger partial charge is 0.322 e. The Morgan fingerprint density at radius 1 is 0.625 bits per heavy atom. The van der Waals surface area contributed by atoms with Crippen molar-refractivity contribution in [3.05, 3.63) is 12.2 Å². The van der Waals surface area contributed by atoms with Crippen molar-refractivity contribution in [1.29, 1.82) is 0 Å². The van der Waals surface area contributed by atoms with Gasteiger partial charge in [0.2, 0.25) is 5.91 Å².